The monoisotopic (exact) mass is 447 g/mol. The number of aryl methyl sites for hydroxylation is 1. The number of rotatable bonds is 6. The molecule has 8 nitrogen and oxygen atoms in total. The summed E-state index contributed by atoms with van der Waals surface area (Å²) in [5.41, 5.74) is 3.74. The molecule has 1 aromatic heterocycles. The molecule has 1 N–H and O–H groups in total. The van der Waals surface area contributed by atoms with Gasteiger partial charge in [-0.3, -0.25) is 0 Å². The van der Waals surface area contributed by atoms with E-state index >= 15 is 0 Å². The summed E-state index contributed by atoms with van der Waals surface area (Å²) >= 11 is 0. The maximum absolute atomic E-state index is 12.9. The van der Waals surface area contributed by atoms with E-state index < -0.39 is 0 Å². The molecule has 1 fully saturated rings. The molecule has 0 spiro atoms. The number of hydrogen-bond donors (Lipinski definition) is 1. The maximum Gasteiger partial charge on any atom is 0.322 e. The largest absolute Gasteiger partial charge is 0.494 e. The number of benzene rings is 2. The van der Waals surface area contributed by atoms with Gasteiger partial charge >= 0.3 is 6.03 Å². The number of anilines is 2. The second-order valence-corrected chi connectivity index (χ2v) is 7.77. The summed E-state index contributed by atoms with van der Waals surface area (Å²) in [6, 6.07) is 17.6. The molecule has 172 valence electrons. The van der Waals surface area contributed by atoms with Crippen LogP contribution in [-0.4, -0.2) is 61.5 Å². The molecule has 0 radical (unpaired) electrons. The topological polar surface area (TPSA) is 79.8 Å². The molecule has 2 aromatic carbocycles. The first-order valence-electron chi connectivity index (χ1n) is 11.1. The number of hydrogen-bond acceptors (Lipinski definition) is 6. The van der Waals surface area contributed by atoms with Crippen LogP contribution in [0.15, 0.2) is 54.6 Å². The van der Waals surface area contributed by atoms with Gasteiger partial charge in [0.15, 0.2) is 5.82 Å². The van der Waals surface area contributed by atoms with Crippen LogP contribution in [0.2, 0.25) is 0 Å². The number of carbonyl (C=O) groups is 1. The van der Waals surface area contributed by atoms with Gasteiger partial charge in [0.2, 0.25) is 0 Å². The van der Waals surface area contributed by atoms with Crippen LogP contribution < -0.4 is 19.7 Å². The molecule has 1 aliphatic rings. The summed E-state index contributed by atoms with van der Waals surface area (Å²) in [5, 5.41) is 11.8. The Labute approximate surface area is 194 Å². The zero-order valence-electron chi connectivity index (χ0n) is 19.2. The van der Waals surface area contributed by atoms with Crippen molar-refractivity contribution < 1.29 is 14.3 Å². The fourth-order valence-electron chi connectivity index (χ4n) is 3.86. The number of piperazine rings is 1. The zero-order valence-corrected chi connectivity index (χ0v) is 19.2. The van der Waals surface area contributed by atoms with E-state index in [1.54, 1.807) is 31.3 Å². The molecule has 0 unspecified atom stereocenters. The quantitative estimate of drug-likeness (QED) is 0.613. The first-order chi connectivity index (χ1) is 16.1. The fourth-order valence-corrected chi connectivity index (χ4v) is 3.86. The standard InChI is InChI=1S/C25H29N5O3/c1-4-18-8-10-19(11-9-18)20-12-13-23(28-27-20)29-14-16-30(17-15-29)25(31)26-24-21(32-2)6-5-7-22(24)33-3/h5-13H,4,14-17H2,1-3H3,(H,26,31). The van der Waals surface area contributed by atoms with Gasteiger partial charge in [0, 0.05) is 31.7 Å². The van der Waals surface area contributed by atoms with E-state index in [9.17, 15) is 4.79 Å². The number of aromatic nitrogens is 2. The molecular formula is C25H29N5O3. The predicted molar refractivity (Wildman–Crippen MR) is 129 cm³/mol. The van der Waals surface area contributed by atoms with E-state index in [2.05, 4.69) is 51.6 Å². The second-order valence-electron chi connectivity index (χ2n) is 7.77. The van der Waals surface area contributed by atoms with Crippen molar-refractivity contribution in [2.45, 2.75) is 13.3 Å². The maximum atomic E-state index is 12.9. The van der Waals surface area contributed by atoms with Crippen molar-refractivity contribution in [3.63, 3.8) is 0 Å². The van der Waals surface area contributed by atoms with Crippen molar-refractivity contribution in [1.29, 1.82) is 0 Å². The predicted octanol–water partition coefficient (Wildman–Crippen LogP) is 4.08. The number of carbonyl (C=O) groups excluding carboxylic acids is 1. The highest BCUT2D eigenvalue weighted by Gasteiger charge is 2.24. The van der Waals surface area contributed by atoms with Gasteiger partial charge in [0.05, 0.1) is 19.9 Å². The summed E-state index contributed by atoms with van der Waals surface area (Å²) in [4.78, 5) is 16.8. The van der Waals surface area contributed by atoms with Crippen LogP contribution in [-0.2, 0) is 6.42 Å². The number of nitrogens with zero attached hydrogens (tertiary/aromatic N) is 4. The van der Waals surface area contributed by atoms with Crippen LogP contribution in [0.1, 0.15) is 12.5 Å². The zero-order chi connectivity index (χ0) is 23.2. The minimum Gasteiger partial charge on any atom is -0.494 e. The fraction of sp³-hybridized carbons (Fsp3) is 0.320. The summed E-state index contributed by atoms with van der Waals surface area (Å²) < 4.78 is 10.7. The highest BCUT2D eigenvalue weighted by atomic mass is 16.5. The lowest BCUT2D eigenvalue weighted by atomic mass is 10.1. The molecule has 0 bridgehead atoms. The molecule has 1 saturated heterocycles. The Morgan fingerprint density at radius 1 is 0.909 bits per heavy atom. The Bertz CT molecular complexity index is 1060. The first-order valence-corrected chi connectivity index (χ1v) is 11.1. The van der Waals surface area contributed by atoms with Crippen molar-refractivity contribution in [3.05, 3.63) is 60.2 Å². The third-order valence-electron chi connectivity index (χ3n) is 5.86. The van der Waals surface area contributed by atoms with Gasteiger partial charge in [-0.2, -0.15) is 0 Å². The summed E-state index contributed by atoms with van der Waals surface area (Å²) in [6.07, 6.45) is 1.02. The van der Waals surface area contributed by atoms with Gasteiger partial charge < -0.3 is 24.6 Å². The summed E-state index contributed by atoms with van der Waals surface area (Å²) in [5.74, 6) is 1.93. The number of ether oxygens (including phenoxy) is 2. The third kappa shape index (κ3) is 5.00. The molecule has 0 saturated carbocycles. The average Bonchev–Trinajstić information content (AvgIpc) is 2.89. The molecule has 33 heavy (non-hydrogen) atoms. The van der Waals surface area contributed by atoms with Crippen molar-refractivity contribution >= 4 is 17.5 Å². The second kappa shape index (κ2) is 10.2. The Kier molecular flexibility index (Phi) is 6.92. The number of amides is 2. The Hall–Kier alpha value is -3.81. The molecule has 1 aliphatic heterocycles. The lowest BCUT2D eigenvalue weighted by Gasteiger charge is -2.35. The first kappa shape index (κ1) is 22.4. The van der Waals surface area contributed by atoms with E-state index in [0.29, 0.717) is 43.4 Å². The molecule has 2 heterocycles. The van der Waals surface area contributed by atoms with Crippen molar-refractivity contribution in [2.75, 3.05) is 50.6 Å². The van der Waals surface area contributed by atoms with E-state index in [-0.39, 0.29) is 6.03 Å². The van der Waals surface area contributed by atoms with Crippen molar-refractivity contribution in [1.82, 2.24) is 15.1 Å². The number of para-hydroxylation sites is 1. The van der Waals surface area contributed by atoms with Gasteiger partial charge in [-0.05, 0) is 36.2 Å². The van der Waals surface area contributed by atoms with E-state index in [0.717, 1.165) is 23.5 Å². The number of methoxy groups -OCH3 is 2. The van der Waals surface area contributed by atoms with Gasteiger partial charge in [0.1, 0.15) is 17.2 Å². The summed E-state index contributed by atoms with van der Waals surface area (Å²) in [7, 11) is 3.13. The van der Waals surface area contributed by atoms with E-state index in [1.165, 1.54) is 5.56 Å². The lowest BCUT2D eigenvalue weighted by Crippen LogP contribution is -2.50. The van der Waals surface area contributed by atoms with Gasteiger partial charge in [0.25, 0.3) is 0 Å². The molecule has 3 aromatic rings. The van der Waals surface area contributed by atoms with Gasteiger partial charge in [-0.1, -0.05) is 37.3 Å². The Balaban J connectivity index is 1.36. The lowest BCUT2D eigenvalue weighted by molar-refractivity contribution is 0.207. The number of urea groups is 1. The van der Waals surface area contributed by atoms with Crippen LogP contribution in [0.3, 0.4) is 0 Å². The van der Waals surface area contributed by atoms with Crippen LogP contribution in [0.25, 0.3) is 11.3 Å². The average molecular weight is 448 g/mol. The molecule has 4 rings (SSSR count). The summed E-state index contributed by atoms with van der Waals surface area (Å²) in [6.45, 7) is 4.64. The minimum absolute atomic E-state index is 0.186. The Morgan fingerprint density at radius 3 is 2.12 bits per heavy atom. The number of nitrogens with one attached hydrogen (secondary N) is 1. The highest BCUT2D eigenvalue weighted by molar-refractivity contribution is 5.93. The normalized spacial score (nSPS) is 13.5. The molecular weight excluding hydrogens is 418 g/mol. The molecule has 0 aliphatic carbocycles. The van der Waals surface area contributed by atoms with E-state index in [1.807, 2.05) is 18.2 Å². The van der Waals surface area contributed by atoms with Crippen LogP contribution in [0.4, 0.5) is 16.3 Å². The van der Waals surface area contributed by atoms with Crippen LogP contribution >= 0.6 is 0 Å². The minimum atomic E-state index is -0.186. The SMILES string of the molecule is CCc1ccc(-c2ccc(N3CCN(C(=O)Nc4c(OC)cccc4OC)CC3)nn2)cc1. The highest BCUT2D eigenvalue weighted by Crippen LogP contribution is 2.34. The molecule has 0 atom stereocenters. The van der Waals surface area contributed by atoms with Crippen molar-refractivity contribution in [2.24, 2.45) is 0 Å². The van der Waals surface area contributed by atoms with Crippen molar-refractivity contribution in [3.8, 4) is 22.8 Å². The molecule has 8 heteroatoms. The smallest absolute Gasteiger partial charge is 0.322 e. The van der Waals surface area contributed by atoms with Gasteiger partial charge in [-0.15, -0.1) is 10.2 Å². The van der Waals surface area contributed by atoms with Gasteiger partial charge in [-0.25, -0.2) is 4.79 Å². The van der Waals surface area contributed by atoms with Crippen LogP contribution in [0.5, 0.6) is 11.5 Å². The Morgan fingerprint density at radius 2 is 1.58 bits per heavy atom. The molecule has 2 amide bonds. The van der Waals surface area contributed by atoms with E-state index in [4.69, 9.17) is 9.47 Å². The third-order valence-corrected chi connectivity index (χ3v) is 5.86. The van der Waals surface area contributed by atoms with Crippen LogP contribution in [0, 0.1) is 0 Å².